The number of nitrogens with zero attached hydrogens (tertiary/aromatic N) is 3. The number of hydrogen-bond acceptors (Lipinski definition) is 5. The van der Waals surface area contributed by atoms with Crippen LogP contribution in [-0.4, -0.2) is 33.8 Å². The molecule has 0 unspecified atom stereocenters. The summed E-state index contributed by atoms with van der Waals surface area (Å²) < 4.78 is 5.36. The van der Waals surface area contributed by atoms with Crippen molar-refractivity contribution in [3.63, 3.8) is 0 Å². The van der Waals surface area contributed by atoms with Crippen LogP contribution in [0.1, 0.15) is 5.56 Å². The molecule has 2 aromatic carbocycles. The van der Waals surface area contributed by atoms with Gasteiger partial charge in [0.1, 0.15) is 11.3 Å². The lowest BCUT2D eigenvalue weighted by molar-refractivity contribution is 0.410. The summed E-state index contributed by atoms with van der Waals surface area (Å²) in [6.07, 6.45) is 0.818. The second-order valence-electron chi connectivity index (χ2n) is 5.49. The standard InChI is InChI=1S/C18H17N5O/c1-24-15-9-5-2-6-12(15)10-11-19-18-21-17-16(22-23-18)13-7-3-4-8-14(13)20-17/h2-9H,10-11H2,1H3,(H2,19,20,21,23). The quantitative estimate of drug-likeness (QED) is 0.591. The molecule has 2 heterocycles. The van der Waals surface area contributed by atoms with E-state index in [9.17, 15) is 0 Å². The molecule has 120 valence electrons. The summed E-state index contributed by atoms with van der Waals surface area (Å²) in [4.78, 5) is 7.79. The molecule has 0 radical (unpaired) electrons. The van der Waals surface area contributed by atoms with Crippen LogP contribution in [0.4, 0.5) is 5.95 Å². The van der Waals surface area contributed by atoms with Crippen LogP contribution in [0.3, 0.4) is 0 Å². The molecule has 0 amide bonds. The first-order chi connectivity index (χ1) is 11.8. The van der Waals surface area contributed by atoms with E-state index in [1.807, 2.05) is 42.5 Å². The van der Waals surface area contributed by atoms with Crippen molar-refractivity contribution >= 4 is 28.0 Å². The number of hydrogen-bond donors (Lipinski definition) is 2. The Bertz CT molecular complexity index is 995. The number of methoxy groups -OCH3 is 1. The van der Waals surface area contributed by atoms with Gasteiger partial charge in [0, 0.05) is 17.4 Å². The summed E-state index contributed by atoms with van der Waals surface area (Å²) in [7, 11) is 1.68. The van der Waals surface area contributed by atoms with E-state index < -0.39 is 0 Å². The van der Waals surface area contributed by atoms with Gasteiger partial charge in [0.05, 0.1) is 7.11 Å². The van der Waals surface area contributed by atoms with Crippen LogP contribution in [0.15, 0.2) is 48.5 Å². The lowest BCUT2D eigenvalue weighted by Gasteiger charge is -2.08. The van der Waals surface area contributed by atoms with Crippen LogP contribution in [0.2, 0.25) is 0 Å². The van der Waals surface area contributed by atoms with Crippen LogP contribution >= 0.6 is 0 Å². The number of nitrogens with one attached hydrogen (secondary N) is 2. The Morgan fingerprint density at radius 2 is 1.88 bits per heavy atom. The maximum Gasteiger partial charge on any atom is 0.244 e. The van der Waals surface area contributed by atoms with E-state index in [1.165, 1.54) is 0 Å². The second-order valence-corrected chi connectivity index (χ2v) is 5.49. The van der Waals surface area contributed by atoms with Gasteiger partial charge in [-0.15, -0.1) is 10.2 Å². The van der Waals surface area contributed by atoms with Crippen molar-refractivity contribution in [1.82, 2.24) is 20.2 Å². The zero-order valence-corrected chi connectivity index (χ0v) is 13.3. The highest BCUT2D eigenvalue weighted by Crippen LogP contribution is 2.22. The van der Waals surface area contributed by atoms with Crippen molar-refractivity contribution in [2.75, 3.05) is 19.0 Å². The van der Waals surface area contributed by atoms with Crippen molar-refractivity contribution < 1.29 is 4.74 Å². The van der Waals surface area contributed by atoms with Crippen LogP contribution in [0.25, 0.3) is 22.1 Å². The molecule has 0 fully saturated rings. The van der Waals surface area contributed by atoms with Gasteiger partial charge in [-0.2, -0.15) is 4.98 Å². The number of benzene rings is 2. The van der Waals surface area contributed by atoms with Crippen LogP contribution in [0, 0.1) is 0 Å². The molecule has 0 saturated carbocycles. The van der Waals surface area contributed by atoms with Gasteiger partial charge in [0.25, 0.3) is 0 Å². The third-order valence-corrected chi connectivity index (χ3v) is 3.99. The third-order valence-electron chi connectivity index (χ3n) is 3.99. The molecule has 0 aliphatic rings. The molecule has 6 nitrogen and oxygen atoms in total. The zero-order chi connectivity index (χ0) is 16.4. The largest absolute Gasteiger partial charge is 0.496 e. The average Bonchev–Trinajstić information content (AvgIpc) is 3.00. The van der Waals surface area contributed by atoms with Gasteiger partial charge in [-0.1, -0.05) is 36.4 Å². The molecule has 24 heavy (non-hydrogen) atoms. The summed E-state index contributed by atoms with van der Waals surface area (Å²) in [5.41, 5.74) is 3.69. The van der Waals surface area contributed by atoms with Gasteiger partial charge in [0.2, 0.25) is 5.95 Å². The molecule has 4 rings (SSSR count). The first-order valence-corrected chi connectivity index (χ1v) is 7.82. The molecule has 0 bridgehead atoms. The van der Waals surface area contributed by atoms with E-state index >= 15 is 0 Å². The predicted molar refractivity (Wildman–Crippen MR) is 94.4 cm³/mol. The average molecular weight is 319 g/mol. The Balaban J connectivity index is 1.51. The Hall–Kier alpha value is -3.15. The molecule has 0 spiro atoms. The molecule has 2 aromatic heterocycles. The summed E-state index contributed by atoms with van der Waals surface area (Å²) in [6, 6.07) is 16.0. The molecular weight excluding hydrogens is 302 g/mol. The molecule has 0 saturated heterocycles. The Morgan fingerprint density at radius 3 is 2.79 bits per heavy atom. The van der Waals surface area contributed by atoms with E-state index in [1.54, 1.807) is 7.11 Å². The van der Waals surface area contributed by atoms with Gasteiger partial charge < -0.3 is 15.0 Å². The van der Waals surface area contributed by atoms with Crippen LogP contribution in [-0.2, 0) is 6.42 Å². The zero-order valence-electron chi connectivity index (χ0n) is 13.3. The van der Waals surface area contributed by atoms with E-state index in [-0.39, 0.29) is 0 Å². The highest BCUT2D eigenvalue weighted by atomic mass is 16.5. The lowest BCUT2D eigenvalue weighted by Crippen LogP contribution is -2.09. The fourth-order valence-electron chi connectivity index (χ4n) is 2.81. The van der Waals surface area contributed by atoms with Crippen molar-refractivity contribution in [3.8, 4) is 5.75 Å². The number of para-hydroxylation sites is 2. The number of rotatable bonds is 5. The molecule has 0 atom stereocenters. The van der Waals surface area contributed by atoms with Crippen LogP contribution in [0.5, 0.6) is 5.75 Å². The van der Waals surface area contributed by atoms with Gasteiger partial charge in [0.15, 0.2) is 5.65 Å². The lowest BCUT2D eigenvalue weighted by atomic mass is 10.1. The molecule has 4 aromatic rings. The maximum absolute atomic E-state index is 5.36. The SMILES string of the molecule is COc1ccccc1CCNc1nnc2c(n1)[nH]c1ccccc12. The Labute approximate surface area is 138 Å². The van der Waals surface area contributed by atoms with E-state index in [0.29, 0.717) is 12.5 Å². The molecular formula is C18H17N5O. The smallest absolute Gasteiger partial charge is 0.244 e. The summed E-state index contributed by atoms with van der Waals surface area (Å²) >= 11 is 0. The summed E-state index contributed by atoms with van der Waals surface area (Å²) in [6.45, 7) is 0.702. The molecule has 2 N–H and O–H groups in total. The first kappa shape index (κ1) is 14.4. The van der Waals surface area contributed by atoms with Crippen molar-refractivity contribution in [1.29, 1.82) is 0 Å². The predicted octanol–water partition coefficient (Wildman–Crippen LogP) is 3.17. The third kappa shape index (κ3) is 2.62. The number of ether oxygens (including phenoxy) is 1. The van der Waals surface area contributed by atoms with Gasteiger partial charge in [-0.05, 0) is 24.1 Å². The number of H-pyrrole nitrogens is 1. The topological polar surface area (TPSA) is 75.7 Å². The van der Waals surface area contributed by atoms with E-state index in [0.717, 1.165) is 39.8 Å². The minimum Gasteiger partial charge on any atom is -0.496 e. The fraction of sp³-hybridized carbons (Fsp3) is 0.167. The molecule has 6 heteroatoms. The van der Waals surface area contributed by atoms with Crippen LogP contribution < -0.4 is 10.1 Å². The maximum atomic E-state index is 5.36. The molecule has 0 aliphatic carbocycles. The Kier molecular flexibility index (Phi) is 3.70. The molecule has 0 aliphatic heterocycles. The normalized spacial score (nSPS) is 11.0. The number of aromatic nitrogens is 4. The summed E-state index contributed by atoms with van der Waals surface area (Å²) in [5.74, 6) is 1.41. The fourth-order valence-corrected chi connectivity index (χ4v) is 2.81. The number of anilines is 1. The van der Waals surface area contributed by atoms with E-state index in [4.69, 9.17) is 4.74 Å². The Morgan fingerprint density at radius 1 is 1.04 bits per heavy atom. The minimum atomic E-state index is 0.518. The number of aromatic amines is 1. The van der Waals surface area contributed by atoms with Gasteiger partial charge in [-0.25, -0.2) is 0 Å². The highest BCUT2D eigenvalue weighted by molar-refractivity contribution is 6.03. The monoisotopic (exact) mass is 319 g/mol. The van der Waals surface area contributed by atoms with Gasteiger partial charge >= 0.3 is 0 Å². The first-order valence-electron chi connectivity index (χ1n) is 7.82. The van der Waals surface area contributed by atoms with Gasteiger partial charge in [-0.3, -0.25) is 0 Å². The van der Waals surface area contributed by atoms with Crippen molar-refractivity contribution in [2.24, 2.45) is 0 Å². The highest BCUT2D eigenvalue weighted by Gasteiger charge is 2.08. The van der Waals surface area contributed by atoms with E-state index in [2.05, 4.69) is 31.5 Å². The summed E-state index contributed by atoms with van der Waals surface area (Å²) in [5, 5.41) is 12.7. The number of fused-ring (bicyclic) bond motifs is 3. The van der Waals surface area contributed by atoms with Crippen molar-refractivity contribution in [2.45, 2.75) is 6.42 Å². The van der Waals surface area contributed by atoms with Crippen molar-refractivity contribution in [3.05, 3.63) is 54.1 Å². The minimum absolute atomic E-state index is 0.518. The second kappa shape index (κ2) is 6.16.